The highest BCUT2D eigenvalue weighted by Crippen LogP contribution is 2.42. The number of terminal acetylenes is 1. The second-order valence-electron chi connectivity index (χ2n) is 7.33. The Labute approximate surface area is 163 Å². The third kappa shape index (κ3) is 5.57. The molecular weight excluding hydrogens is 332 g/mol. The van der Waals surface area contributed by atoms with E-state index in [1.165, 1.54) is 11.1 Å². The van der Waals surface area contributed by atoms with Crippen molar-refractivity contribution in [3.8, 4) is 12.3 Å². The van der Waals surface area contributed by atoms with Gasteiger partial charge in [-0.15, -0.1) is 12.3 Å². The van der Waals surface area contributed by atoms with Crippen LogP contribution < -0.4 is 0 Å². The molecular formula is C25H28O2. The first-order valence-corrected chi connectivity index (χ1v) is 9.64. The van der Waals surface area contributed by atoms with Crippen LogP contribution in [0.4, 0.5) is 0 Å². The van der Waals surface area contributed by atoms with Gasteiger partial charge in [0.25, 0.3) is 0 Å². The highest BCUT2D eigenvalue weighted by Gasteiger charge is 2.39. The van der Waals surface area contributed by atoms with Gasteiger partial charge in [0.15, 0.2) is 0 Å². The largest absolute Gasteiger partial charge is 0.376 e. The Morgan fingerprint density at radius 1 is 0.889 bits per heavy atom. The van der Waals surface area contributed by atoms with E-state index in [4.69, 9.17) is 15.9 Å². The Kier molecular flexibility index (Phi) is 7.27. The van der Waals surface area contributed by atoms with Crippen molar-refractivity contribution in [1.82, 2.24) is 0 Å². The minimum Gasteiger partial charge on any atom is -0.376 e. The van der Waals surface area contributed by atoms with Crippen molar-refractivity contribution in [2.24, 2.45) is 11.3 Å². The third-order valence-electron chi connectivity index (χ3n) is 5.36. The topological polar surface area (TPSA) is 18.5 Å². The molecule has 0 saturated heterocycles. The van der Waals surface area contributed by atoms with Crippen LogP contribution in [0, 0.1) is 23.7 Å². The third-order valence-corrected chi connectivity index (χ3v) is 5.36. The Morgan fingerprint density at radius 2 is 1.52 bits per heavy atom. The SMILES string of the molecule is C#CC[C@]1(COCc2ccccc2)CC=CC[C@H]1COCc1ccccc1. The predicted octanol–water partition coefficient (Wildman–Crippen LogP) is 5.40. The monoisotopic (exact) mass is 360 g/mol. The Bertz CT molecular complexity index is 745. The molecule has 0 amide bonds. The van der Waals surface area contributed by atoms with Crippen molar-refractivity contribution in [2.75, 3.05) is 13.2 Å². The first-order valence-electron chi connectivity index (χ1n) is 9.64. The van der Waals surface area contributed by atoms with E-state index in [1.54, 1.807) is 0 Å². The van der Waals surface area contributed by atoms with Crippen LogP contribution in [0.1, 0.15) is 30.4 Å². The molecule has 2 aromatic carbocycles. The molecule has 0 aromatic heterocycles. The van der Waals surface area contributed by atoms with Crippen LogP contribution in [-0.2, 0) is 22.7 Å². The molecule has 0 aliphatic heterocycles. The number of allylic oxidation sites excluding steroid dienone is 2. The lowest BCUT2D eigenvalue weighted by atomic mass is 9.67. The molecule has 0 spiro atoms. The van der Waals surface area contributed by atoms with Gasteiger partial charge in [-0.2, -0.15) is 0 Å². The van der Waals surface area contributed by atoms with Gasteiger partial charge in [0, 0.05) is 11.8 Å². The van der Waals surface area contributed by atoms with Gasteiger partial charge in [0.1, 0.15) is 0 Å². The van der Waals surface area contributed by atoms with Gasteiger partial charge in [0.05, 0.1) is 26.4 Å². The van der Waals surface area contributed by atoms with Gasteiger partial charge in [-0.05, 0) is 29.9 Å². The smallest absolute Gasteiger partial charge is 0.0717 e. The first-order chi connectivity index (χ1) is 13.3. The van der Waals surface area contributed by atoms with Crippen molar-refractivity contribution < 1.29 is 9.47 Å². The number of ether oxygens (including phenoxy) is 2. The molecule has 0 unspecified atom stereocenters. The summed E-state index contributed by atoms with van der Waals surface area (Å²) in [5, 5.41) is 0. The van der Waals surface area contributed by atoms with Crippen LogP contribution in [0.3, 0.4) is 0 Å². The van der Waals surface area contributed by atoms with Gasteiger partial charge in [-0.1, -0.05) is 72.8 Å². The van der Waals surface area contributed by atoms with Gasteiger partial charge < -0.3 is 9.47 Å². The normalized spacial score (nSPS) is 21.7. The lowest BCUT2D eigenvalue weighted by Gasteiger charge is -2.40. The minimum atomic E-state index is -0.0467. The van der Waals surface area contributed by atoms with E-state index in [2.05, 4.69) is 42.3 Å². The fourth-order valence-corrected chi connectivity index (χ4v) is 3.73. The zero-order chi connectivity index (χ0) is 18.8. The van der Waals surface area contributed by atoms with Crippen LogP contribution in [0.2, 0.25) is 0 Å². The van der Waals surface area contributed by atoms with E-state index >= 15 is 0 Å². The summed E-state index contributed by atoms with van der Waals surface area (Å²) < 4.78 is 12.2. The van der Waals surface area contributed by atoms with E-state index in [0.717, 1.165) is 12.8 Å². The van der Waals surface area contributed by atoms with E-state index in [0.29, 0.717) is 38.8 Å². The van der Waals surface area contributed by atoms with E-state index in [1.807, 2.05) is 36.4 Å². The molecule has 2 heteroatoms. The maximum Gasteiger partial charge on any atom is 0.0717 e. The zero-order valence-corrected chi connectivity index (χ0v) is 15.8. The van der Waals surface area contributed by atoms with Crippen molar-refractivity contribution in [3.05, 3.63) is 83.9 Å². The van der Waals surface area contributed by atoms with Crippen molar-refractivity contribution >= 4 is 0 Å². The molecule has 3 rings (SSSR count). The molecule has 0 saturated carbocycles. The highest BCUT2D eigenvalue weighted by molar-refractivity contribution is 5.14. The van der Waals surface area contributed by atoms with E-state index in [9.17, 15) is 0 Å². The fraction of sp³-hybridized carbons (Fsp3) is 0.360. The van der Waals surface area contributed by atoms with Gasteiger partial charge >= 0.3 is 0 Å². The number of hydrogen-bond acceptors (Lipinski definition) is 2. The van der Waals surface area contributed by atoms with Crippen LogP contribution in [0.15, 0.2) is 72.8 Å². The first kappa shape index (κ1) is 19.4. The average Bonchev–Trinajstić information content (AvgIpc) is 2.71. The standard InChI is InChI=1S/C25H28O2/c1-2-16-25(21-27-19-23-13-7-4-8-14-23)17-10-9-15-24(25)20-26-18-22-11-5-3-6-12-22/h1,3-14,24H,15-21H2/t24-,25+/m0/s1. The molecule has 2 nitrogen and oxygen atoms in total. The summed E-state index contributed by atoms with van der Waals surface area (Å²) in [6, 6.07) is 20.6. The molecule has 0 heterocycles. The van der Waals surface area contributed by atoms with E-state index in [-0.39, 0.29) is 5.41 Å². The van der Waals surface area contributed by atoms with Crippen LogP contribution in [0.5, 0.6) is 0 Å². The molecule has 0 bridgehead atoms. The van der Waals surface area contributed by atoms with Gasteiger partial charge in [-0.3, -0.25) is 0 Å². The maximum atomic E-state index is 6.12. The summed E-state index contributed by atoms with van der Waals surface area (Å²) in [7, 11) is 0. The maximum absolute atomic E-state index is 6.12. The second kappa shape index (κ2) is 10.1. The summed E-state index contributed by atoms with van der Waals surface area (Å²) in [6.07, 6.45) is 12.9. The van der Waals surface area contributed by atoms with Gasteiger partial charge in [-0.25, -0.2) is 0 Å². The van der Waals surface area contributed by atoms with Crippen molar-refractivity contribution in [3.63, 3.8) is 0 Å². The van der Waals surface area contributed by atoms with Crippen LogP contribution in [0.25, 0.3) is 0 Å². The molecule has 1 aliphatic rings. The summed E-state index contributed by atoms with van der Waals surface area (Å²) in [5.74, 6) is 3.27. The van der Waals surface area contributed by atoms with E-state index < -0.39 is 0 Å². The molecule has 2 atom stereocenters. The average molecular weight is 360 g/mol. The summed E-state index contributed by atoms with van der Waals surface area (Å²) in [5.41, 5.74) is 2.35. The molecule has 0 N–H and O–H groups in total. The molecule has 2 aromatic rings. The number of rotatable bonds is 9. The number of benzene rings is 2. The summed E-state index contributed by atoms with van der Waals surface area (Å²) in [4.78, 5) is 0. The fourth-order valence-electron chi connectivity index (χ4n) is 3.73. The second-order valence-corrected chi connectivity index (χ2v) is 7.33. The van der Waals surface area contributed by atoms with Crippen molar-refractivity contribution in [1.29, 1.82) is 0 Å². The van der Waals surface area contributed by atoms with Crippen LogP contribution >= 0.6 is 0 Å². The zero-order valence-electron chi connectivity index (χ0n) is 15.8. The highest BCUT2D eigenvalue weighted by atomic mass is 16.5. The Balaban J connectivity index is 1.59. The molecule has 0 fully saturated rings. The molecule has 1 aliphatic carbocycles. The predicted molar refractivity (Wildman–Crippen MR) is 110 cm³/mol. The Morgan fingerprint density at radius 3 is 2.15 bits per heavy atom. The quantitative estimate of drug-likeness (QED) is 0.440. The van der Waals surface area contributed by atoms with Gasteiger partial charge in [0.2, 0.25) is 0 Å². The summed E-state index contributed by atoms with van der Waals surface area (Å²) >= 11 is 0. The molecule has 0 radical (unpaired) electrons. The lowest BCUT2D eigenvalue weighted by molar-refractivity contribution is -0.0367. The van der Waals surface area contributed by atoms with Crippen molar-refractivity contribution in [2.45, 2.75) is 32.5 Å². The minimum absolute atomic E-state index is 0.0467. The van der Waals surface area contributed by atoms with Crippen LogP contribution in [-0.4, -0.2) is 13.2 Å². The summed E-state index contributed by atoms with van der Waals surface area (Å²) in [6.45, 7) is 2.62. The molecule has 140 valence electrons. The molecule has 27 heavy (non-hydrogen) atoms. The number of hydrogen-bond donors (Lipinski definition) is 0. The lowest BCUT2D eigenvalue weighted by Crippen LogP contribution is -2.39. The Hall–Kier alpha value is -2.34.